The molecule has 0 saturated carbocycles. The van der Waals surface area contributed by atoms with Gasteiger partial charge in [-0.2, -0.15) is 4.31 Å². The lowest BCUT2D eigenvalue weighted by Crippen LogP contribution is -2.42. The molecule has 2 aliphatic rings. The van der Waals surface area contributed by atoms with Gasteiger partial charge in [-0.15, -0.1) is 0 Å². The van der Waals surface area contributed by atoms with Gasteiger partial charge in [-0.05, 0) is 43.5 Å². The van der Waals surface area contributed by atoms with Crippen LogP contribution in [0.15, 0.2) is 29.2 Å². The first-order chi connectivity index (χ1) is 11.4. The molecule has 1 aromatic carbocycles. The van der Waals surface area contributed by atoms with Crippen LogP contribution in [0.3, 0.4) is 0 Å². The van der Waals surface area contributed by atoms with Gasteiger partial charge in [0.15, 0.2) is 0 Å². The van der Waals surface area contributed by atoms with E-state index in [9.17, 15) is 18.0 Å². The van der Waals surface area contributed by atoms with Gasteiger partial charge in [-0.3, -0.25) is 9.59 Å². The Bertz CT molecular complexity index is 744. The number of benzene rings is 1. The number of amides is 1. The predicted octanol–water partition coefficient (Wildman–Crippen LogP) is 1.30. The van der Waals surface area contributed by atoms with Gasteiger partial charge in [-0.25, -0.2) is 8.42 Å². The van der Waals surface area contributed by atoms with Crippen molar-refractivity contribution in [3.63, 3.8) is 0 Å². The van der Waals surface area contributed by atoms with E-state index < -0.39 is 21.9 Å². The lowest BCUT2D eigenvalue weighted by Gasteiger charge is -2.30. The molecular weight excluding hydrogens is 332 g/mol. The number of sulfonamides is 1. The van der Waals surface area contributed by atoms with Crippen molar-refractivity contribution in [2.75, 3.05) is 24.5 Å². The molecule has 1 atom stereocenters. The molecule has 24 heavy (non-hydrogen) atoms. The zero-order valence-electron chi connectivity index (χ0n) is 13.2. The fourth-order valence-corrected chi connectivity index (χ4v) is 4.75. The fraction of sp³-hybridized carbons (Fsp3) is 0.500. The van der Waals surface area contributed by atoms with Gasteiger partial charge in [0, 0.05) is 31.7 Å². The van der Waals surface area contributed by atoms with Crippen molar-refractivity contribution in [3.8, 4) is 0 Å². The lowest BCUT2D eigenvalue weighted by atomic mass is 10.0. The van der Waals surface area contributed by atoms with E-state index in [1.165, 1.54) is 16.4 Å². The maximum atomic E-state index is 12.7. The largest absolute Gasteiger partial charge is 0.481 e. The van der Waals surface area contributed by atoms with Crippen molar-refractivity contribution in [2.24, 2.45) is 5.92 Å². The van der Waals surface area contributed by atoms with E-state index in [4.69, 9.17) is 5.11 Å². The summed E-state index contributed by atoms with van der Waals surface area (Å²) in [5, 5.41) is 9.12. The maximum Gasteiger partial charge on any atom is 0.307 e. The molecule has 0 unspecified atom stereocenters. The summed E-state index contributed by atoms with van der Waals surface area (Å²) >= 11 is 0. The van der Waals surface area contributed by atoms with Crippen molar-refractivity contribution in [1.82, 2.24) is 4.31 Å². The van der Waals surface area contributed by atoms with E-state index in [1.54, 1.807) is 17.0 Å². The number of hydrogen-bond acceptors (Lipinski definition) is 4. The summed E-state index contributed by atoms with van der Waals surface area (Å²) in [5.41, 5.74) is 0.693. The van der Waals surface area contributed by atoms with Crippen LogP contribution in [0.4, 0.5) is 5.69 Å². The molecule has 3 rings (SSSR count). The molecular formula is C16H20N2O5S. The van der Waals surface area contributed by atoms with E-state index in [0.717, 1.165) is 6.42 Å². The zero-order chi connectivity index (χ0) is 17.3. The standard InChI is InChI=1S/C16H20N2O5S/c19-15-4-2-10-18(15)13-5-7-14(8-6-13)24(22,23)17-9-1-3-12(11-17)16(20)21/h5-8,12H,1-4,9-11H2,(H,20,21)/t12-/m1/s1. The SMILES string of the molecule is O=C(O)[C@@H]1CCCN(S(=O)(=O)c2ccc(N3CCCC3=O)cc2)C1. The van der Waals surface area contributed by atoms with E-state index >= 15 is 0 Å². The summed E-state index contributed by atoms with van der Waals surface area (Å²) in [6, 6.07) is 6.24. The average molecular weight is 352 g/mol. The van der Waals surface area contributed by atoms with E-state index in [2.05, 4.69) is 0 Å². The number of carboxylic acid groups (broad SMARTS) is 1. The molecule has 2 fully saturated rings. The summed E-state index contributed by atoms with van der Waals surface area (Å²) < 4.78 is 26.7. The summed E-state index contributed by atoms with van der Waals surface area (Å²) in [5.74, 6) is -1.57. The molecule has 7 nitrogen and oxygen atoms in total. The molecule has 8 heteroatoms. The van der Waals surface area contributed by atoms with Crippen molar-refractivity contribution in [3.05, 3.63) is 24.3 Å². The normalized spacial score (nSPS) is 22.8. The number of nitrogens with zero attached hydrogens (tertiary/aromatic N) is 2. The van der Waals surface area contributed by atoms with E-state index in [1.807, 2.05) is 0 Å². The second-order valence-electron chi connectivity index (χ2n) is 6.18. The van der Waals surface area contributed by atoms with Gasteiger partial charge in [0.25, 0.3) is 0 Å². The third kappa shape index (κ3) is 3.16. The molecule has 1 N–H and O–H groups in total. The van der Waals surface area contributed by atoms with Gasteiger partial charge in [0.05, 0.1) is 10.8 Å². The molecule has 0 radical (unpaired) electrons. The number of anilines is 1. The predicted molar refractivity (Wildman–Crippen MR) is 87.1 cm³/mol. The van der Waals surface area contributed by atoms with Crippen molar-refractivity contribution >= 4 is 27.6 Å². The first kappa shape index (κ1) is 16.9. The zero-order valence-corrected chi connectivity index (χ0v) is 14.0. The Morgan fingerprint density at radius 1 is 1.12 bits per heavy atom. The number of rotatable bonds is 4. The number of carbonyl (C=O) groups excluding carboxylic acids is 1. The Balaban J connectivity index is 1.79. The highest BCUT2D eigenvalue weighted by Gasteiger charge is 2.33. The van der Waals surface area contributed by atoms with Gasteiger partial charge < -0.3 is 10.0 Å². The summed E-state index contributed by atoms with van der Waals surface area (Å²) in [7, 11) is -3.72. The van der Waals surface area contributed by atoms with Gasteiger partial charge in [-0.1, -0.05) is 0 Å². The molecule has 2 heterocycles. The molecule has 0 aromatic heterocycles. The molecule has 2 saturated heterocycles. The summed E-state index contributed by atoms with van der Waals surface area (Å²) in [4.78, 5) is 24.7. The Hall–Kier alpha value is -1.93. The summed E-state index contributed by atoms with van der Waals surface area (Å²) in [6.07, 6.45) is 2.36. The second-order valence-corrected chi connectivity index (χ2v) is 8.12. The first-order valence-corrected chi connectivity index (χ1v) is 9.47. The van der Waals surface area contributed by atoms with Crippen LogP contribution in [0.25, 0.3) is 0 Å². The van der Waals surface area contributed by atoms with Crippen LogP contribution >= 0.6 is 0 Å². The Labute approximate surface area is 140 Å². The van der Waals surface area contributed by atoms with Crippen LogP contribution in [0.5, 0.6) is 0 Å². The van der Waals surface area contributed by atoms with Gasteiger partial charge in [0.2, 0.25) is 15.9 Å². The first-order valence-electron chi connectivity index (χ1n) is 8.03. The molecule has 130 valence electrons. The van der Waals surface area contributed by atoms with Crippen LogP contribution in [0, 0.1) is 5.92 Å². The van der Waals surface area contributed by atoms with Crippen molar-refractivity contribution < 1.29 is 23.1 Å². The highest BCUT2D eigenvalue weighted by Crippen LogP contribution is 2.27. The topological polar surface area (TPSA) is 95.0 Å². The monoisotopic (exact) mass is 352 g/mol. The minimum absolute atomic E-state index is 0.00400. The Kier molecular flexibility index (Phi) is 4.60. The van der Waals surface area contributed by atoms with Crippen LogP contribution in [-0.4, -0.2) is 49.3 Å². The average Bonchev–Trinajstić information content (AvgIpc) is 3.01. The van der Waals surface area contributed by atoms with Crippen LogP contribution in [0.1, 0.15) is 25.7 Å². The number of aliphatic carboxylic acids is 1. The smallest absolute Gasteiger partial charge is 0.307 e. The molecule has 0 spiro atoms. The quantitative estimate of drug-likeness (QED) is 0.881. The molecule has 1 amide bonds. The van der Waals surface area contributed by atoms with Gasteiger partial charge >= 0.3 is 5.97 Å². The van der Waals surface area contributed by atoms with Crippen molar-refractivity contribution in [2.45, 2.75) is 30.6 Å². The van der Waals surface area contributed by atoms with Crippen LogP contribution < -0.4 is 4.90 Å². The highest BCUT2D eigenvalue weighted by atomic mass is 32.2. The number of carboxylic acids is 1. The lowest BCUT2D eigenvalue weighted by molar-refractivity contribution is -0.142. The third-order valence-electron chi connectivity index (χ3n) is 4.59. The minimum atomic E-state index is -3.72. The van der Waals surface area contributed by atoms with Gasteiger partial charge in [0.1, 0.15) is 0 Å². The fourth-order valence-electron chi connectivity index (χ4n) is 3.23. The molecule has 2 aliphatic heterocycles. The third-order valence-corrected chi connectivity index (χ3v) is 6.47. The van der Waals surface area contributed by atoms with Crippen molar-refractivity contribution in [1.29, 1.82) is 0 Å². The van der Waals surface area contributed by atoms with E-state index in [0.29, 0.717) is 38.0 Å². The number of hydrogen-bond donors (Lipinski definition) is 1. The molecule has 0 aliphatic carbocycles. The van der Waals surface area contributed by atoms with E-state index in [-0.39, 0.29) is 17.3 Å². The Morgan fingerprint density at radius 3 is 2.42 bits per heavy atom. The highest BCUT2D eigenvalue weighted by molar-refractivity contribution is 7.89. The number of piperidine rings is 1. The second kappa shape index (κ2) is 6.52. The maximum absolute atomic E-state index is 12.7. The van der Waals surface area contributed by atoms with Crippen LogP contribution in [-0.2, 0) is 19.6 Å². The minimum Gasteiger partial charge on any atom is -0.481 e. The molecule has 1 aromatic rings. The summed E-state index contributed by atoms with van der Waals surface area (Å²) in [6.45, 7) is 0.986. The van der Waals surface area contributed by atoms with Crippen LogP contribution in [0.2, 0.25) is 0 Å². The Morgan fingerprint density at radius 2 is 1.83 bits per heavy atom. The number of carbonyl (C=O) groups is 2. The molecule has 0 bridgehead atoms.